The molecule has 5 heteroatoms. The molecule has 2 saturated heterocycles. The van der Waals surface area contributed by atoms with Crippen molar-refractivity contribution < 1.29 is 14.7 Å². The molecule has 1 aliphatic carbocycles. The van der Waals surface area contributed by atoms with Gasteiger partial charge in [0.15, 0.2) is 0 Å². The lowest BCUT2D eigenvalue weighted by Gasteiger charge is -2.43. The van der Waals surface area contributed by atoms with Crippen LogP contribution in [-0.2, 0) is 22.4 Å². The lowest BCUT2D eigenvalue weighted by atomic mass is 9.77. The van der Waals surface area contributed by atoms with Crippen molar-refractivity contribution in [3.63, 3.8) is 0 Å². The number of carboxylic acid groups (broad SMARTS) is 1. The standard InChI is InChI=1S/C18H22N2O3/c21-16-11-15(17(22)23)18(19-16)5-7-20(8-6-18)14-9-12-3-1-2-4-13(12)10-14/h1-4,14-15H,5-11H2,(H,19,21)(H,22,23)/t15-/m0/s1. The molecule has 2 aliphatic heterocycles. The second kappa shape index (κ2) is 5.34. The lowest BCUT2D eigenvalue weighted by Crippen LogP contribution is -2.57. The highest BCUT2D eigenvalue weighted by molar-refractivity contribution is 5.88. The Balaban J connectivity index is 1.44. The van der Waals surface area contributed by atoms with Gasteiger partial charge in [0, 0.05) is 25.6 Å². The van der Waals surface area contributed by atoms with E-state index in [1.54, 1.807) is 0 Å². The van der Waals surface area contributed by atoms with Crippen molar-refractivity contribution in [3.8, 4) is 0 Å². The number of piperidine rings is 1. The van der Waals surface area contributed by atoms with Gasteiger partial charge in [-0.3, -0.25) is 14.5 Å². The predicted octanol–water partition coefficient (Wildman–Crippen LogP) is 1.21. The highest BCUT2D eigenvalue weighted by Gasteiger charge is 2.52. The maximum absolute atomic E-state index is 11.7. The Bertz CT molecular complexity index is 624. The third-order valence-electron chi connectivity index (χ3n) is 5.98. The molecule has 2 N–H and O–H groups in total. The largest absolute Gasteiger partial charge is 0.481 e. The Morgan fingerprint density at radius 3 is 2.30 bits per heavy atom. The summed E-state index contributed by atoms with van der Waals surface area (Å²) >= 11 is 0. The average Bonchev–Trinajstić information content (AvgIpc) is 3.09. The fourth-order valence-corrected chi connectivity index (χ4v) is 4.68. The number of hydrogen-bond donors (Lipinski definition) is 2. The fraction of sp³-hybridized carbons (Fsp3) is 0.556. The first-order valence-electron chi connectivity index (χ1n) is 8.42. The van der Waals surface area contributed by atoms with Gasteiger partial charge in [-0.1, -0.05) is 24.3 Å². The van der Waals surface area contributed by atoms with Crippen molar-refractivity contribution in [1.29, 1.82) is 0 Å². The average molecular weight is 314 g/mol. The Labute approximate surface area is 135 Å². The summed E-state index contributed by atoms with van der Waals surface area (Å²) in [4.78, 5) is 25.7. The Morgan fingerprint density at radius 1 is 1.13 bits per heavy atom. The fourth-order valence-electron chi connectivity index (χ4n) is 4.68. The molecular weight excluding hydrogens is 292 g/mol. The van der Waals surface area contributed by atoms with Crippen molar-refractivity contribution in [3.05, 3.63) is 35.4 Å². The number of nitrogens with zero attached hydrogens (tertiary/aromatic N) is 1. The molecule has 1 aromatic carbocycles. The van der Waals surface area contributed by atoms with E-state index in [1.165, 1.54) is 11.1 Å². The first kappa shape index (κ1) is 14.7. The molecule has 0 saturated carbocycles. The number of fused-ring (bicyclic) bond motifs is 1. The number of amides is 1. The van der Waals surface area contributed by atoms with E-state index in [1.807, 2.05) is 0 Å². The molecule has 2 heterocycles. The van der Waals surface area contributed by atoms with Crippen LogP contribution in [-0.4, -0.2) is 46.6 Å². The number of likely N-dealkylation sites (tertiary alicyclic amines) is 1. The van der Waals surface area contributed by atoms with Crippen LogP contribution in [0.5, 0.6) is 0 Å². The molecule has 23 heavy (non-hydrogen) atoms. The van der Waals surface area contributed by atoms with Crippen LogP contribution in [0.15, 0.2) is 24.3 Å². The third kappa shape index (κ3) is 2.43. The zero-order valence-electron chi connectivity index (χ0n) is 13.1. The van der Waals surface area contributed by atoms with Crippen molar-refractivity contribution in [2.24, 2.45) is 5.92 Å². The molecule has 4 rings (SSSR count). The van der Waals surface area contributed by atoms with E-state index in [9.17, 15) is 14.7 Å². The molecule has 2 fully saturated rings. The molecule has 5 nitrogen and oxygen atoms in total. The molecular formula is C18H22N2O3. The van der Waals surface area contributed by atoms with Crippen molar-refractivity contribution >= 4 is 11.9 Å². The normalized spacial score (nSPS) is 27.1. The van der Waals surface area contributed by atoms with Crippen LogP contribution in [0.4, 0.5) is 0 Å². The maximum atomic E-state index is 11.7. The van der Waals surface area contributed by atoms with Gasteiger partial charge in [-0.15, -0.1) is 0 Å². The van der Waals surface area contributed by atoms with Crippen molar-refractivity contribution in [2.45, 2.75) is 43.7 Å². The predicted molar refractivity (Wildman–Crippen MR) is 85.1 cm³/mol. The van der Waals surface area contributed by atoms with E-state index in [2.05, 4.69) is 34.5 Å². The third-order valence-corrected chi connectivity index (χ3v) is 5.98. The zero-order valence-corrected chi connectivity index (χ0v) is 13.1. The topological polar surface area (TPSA) is 69.6 Å². The minimum atomic E-state index is -0.843. The van der Waals surface area contributed by atoms with Gasteiger partial charge < -0.3 is 10.4 Å². The van der Waals surface area contributed by atoms with Gasteiger partial charge in [0.1, 0.15) is 0 Å². The van der Waals surface area contributed by atoms with Gasteiger partial charge in [-0.05, 0) is 36.8 Å². The minimum Gasteiger partial charge on any atom is -0.481 e. The van der Waals surface area contributed by atoms with Crippen LogP contribution in [0.25, 0.3) is 0 Å². The quantitative estimate of drug-likeness (QED) is 0.861. The summed E-state index contributed by atoms with van der Waals surface area (Å²) < 4.78 is 0. The highest BCUT2D eigenvalue weighted by Crippen LogP contribution is 2.38. The summed E-state index contributed by atoms with van der Waals surface area (Å²) in [5.41, 5.74) is 2.36. The summed E-state index contributed by atoms with van der Waals surface area (Å²) in [6.45, 7) is 1.73. The number of carbonyl (C=O) groups excluding carboxylic acids is 1. The van der Waals surface area contributed by atoms with Crippen LogP contribution in [0.1, 0.15) is 30.4 Å². The summed E-state index contributed by atoms with van der Waals surface area (Å²) in [5, 5.41) is 12.4. The van der Waals surface area contributed by atoms with Gasteiger partial charge >= 0.3 is 5.97 Å². The Kier molecular flexibility index (Phi) is 3.41. The maximum Gasteiger partial charge on any atom is 0.309 e. The molecule has 1 atom stereocenters. The molecule has 122 valence electrons. The first-order valence-corrected chi connectivity index (χ1v) is 8.42. The monoisotopic (exact) mass is 314 g/mol. The number of carboxylic acids is 1. The van der Waals surface area contributed by atoms with Gasteiger partial charge in [0.25, 0.3) is 0 Å². The summed E-state index contributed by atoms with van der Waals surface area (Å²) in [7, 11) is 0. The van der Waals surface area contributed by atoms with Crippen molar-refractivity contribution in [1.82, 2.24) is 10.2 Å². The molecule has 0 unspecified atom stereocenters. The number of benzene rings is 1. The van der Waals surface area contributed by atoms with E-state index < -0.39 is 17.4 Å². The molecule has 1 spiro atoms. The summed E-state index contributed by atoms with van der Waals surface area (Å²) in [5.74, 6) is -1.53. The number of rotatable bonds is 2. The Hall–Kier alpha value is -1.88. The smallest absolute Gasteiger partial charge is 0.309 e. The molecule has 0 aromatic heterocycles. The Morgan fingerprint density at radius 2 is 1.74 bits per heavy atom. The van der Waals surface area contributed by atoms with E-state index in [4.69, 9.17) is 0 Å². The van der Waals surface area contributed by atoms with Crippen LogP contribution < -0.4 is 5.32 Å². The molecule has 3 aliphatic rings. The van der Waals surface area contributed by atoms with Crippen LogP contribution in [0, 0.1) is 5.92 Å². The molecule has 0 radical (unpaired) electrons. The summed E-state index contributed by atoms with van der Waals surface area (Å²) in [6, 6.07) is 9.12. The SMILES string of the molecule is O=C1C[C@@H](C(=O)O)C2(CCN(C3Cc4ccccc4C3)CC2)N1. The molecule has 0 bridgehead atoms. The van der Waals surface area contributed by atoms with Gasteiger partial charge in [0.05, 0.1) is 11.5 Å². The number of carbonyl (C=O) groups is 2. The lowest BCUT2D eigenvalue weighted by molar-refractivity contribution is -0.144. The van der Waals surface area contributed by atoms with E-state index in [0.29, 0.717) is 6.04 Å². The van der Waals surface area contributed by atoms with Crippen LogP contribution in [0.3, 0.4) is 0 Å². The number of nitrogens with one attached hydrogen (secondary N) is 1. The zero-order chi connectivity index (χ0) is 16.0. The van der Waals surface area contributed by atoms with E-state index in [0.717, 1.165) is 38.8 Å². The molecule has 1 aromatic rings. The van der Waals surface area contributed by atoms with Crippen LogP contribution >= 0.6 is 0 Å². The number of aliphatic carboxylic acids is 1. The second-order valence-electron chi connectivity index (χ2n) is 7.17. The van der Waals surface area contributed by atoms with Gasteiger partial charge in [0.2, 0.25) is 5.91 Å². The van der Waals surface area contributed by atoms with E-state index in [-0.39, 0.29) is 12.3 Å². The van der Waals surface area contributed by atoms with Crippen molar-refractivity contribution in [2.75, 3.05) is 13.1 Å². The van der Waals surface area contributed by atoms with Gasteiger partial charge in [-0.25, -0.2) is 0 Å². The second-order valence-corrected chi connectivity index (χ2v) is 7.17. The molecule has 1 amide bonds. The number of hydrogen-bond acceptors (Lipinski definition) is 3. The van der Waals surface area contributed by atoms with Crippen LogP contribution in [0.2, 0.25) is 0 Å². The highest BCUT2D eigenvalue weighted by atomic mass is 16.4. The minimum absolute atomic E-state index is 0.112. The first-order chi connectivity index (χ1) is 11.1. The summed E-state index contributed by atoms with van der Waals surface area (Å²) in [6.07, 6.45) is 3.77. The van der Waals surface area contributed by atoms with E-state index >= 15 is 0 Å². The van der Waals surface area contributed by atoms with Gasteiger partial charge in [-0.2, -0.15) is 0 Å².